The first-order chi connectivity index (χ1) is 16.4. The molecule has 4 rings (SSSR count). The van der Waals surface area contributed by atoms with E-state index in [2.05, 4.69) is 0 Å². The fraction of sp³-hybridized carbons (Fsp3) is 0.172. The zero-order valence-corrected chi connectivity index (χ0v) is 19.3. The van der Waals surface area contributed by atoms with Crippen molar-refractivity contribution < 1.29 is 19.4 Å². The molecule has 1 atom stereocenters. The fourth-order valence-electron chi connectivity index (χ4n) is 3.82. The number of rotatable bonds is 9. The smallest absolute Gasteiger partial charge is 0.332 e. The Bertz CT molecular complexity index is 1350. The second-order valence-corrected chi connectivity index (χ2v) is 8.33. The van der Waals surface area contributed by atoms with E-state index >= 15 is 0 Å². The van der Waals surface area contributed by atoms with Crippen LogP contribution in [0, 0.1) is 6.92 Å². The average Bonchev–Trinajstić information content (AvgIpc) is 3.21. The molecule has 0 spiro atoms. The minimum absolute atomic E-state index is 0.00343. The van der Waals surface area contributed by atoms with E-state index in [-0.39, 0.29) is 12.4 Å². The van der Waals surface area contributed by atoms with Gasteiger partial charge in [0.15, 0.2) is 6.10 Å². The number of nitrogens with zero attached hydrogens (tertiary/aromatic N) is 1. The highest BCUT2D eigenvalue weighted by molar-refractivity contribution is 6.10. The monoisotopic (exact) mass is 453 g/mol. The molecule has 0 aliphatic rings. The van der Waals surface area contributed by atoms with Crippen LogP contribution in [-0.4, -0.2) is 27.5 Å². The number of ether oxygens (including phenoxy) is 1. The lowest BCUT2D eigenvalue weighted by Crippen LogP contribution is -2.19. The third-order valence-corrected chi connectivity index (χ3v) is 5.75. The molecule has 0 saturated carbocycles. The van der Waals surface area contributed by atoms with Crippen LogP contribution in [0.5, 0.6) is 0 Å². The van der Waals surface area contributed by atoms with Gasteiger partial charge in [0.2, 0.25) is 5.78 Å². The summed E-state index contributed by atoms with van der Waals surface area (Å²) in [5.74, 6) is -0.984. The van der Waals surface area contributed by atoms with E-state index in [1.54, 1.807) is 0 Å². The molecule has 5 nitrogen and oxygen atoms in total. The first kappa shape index (κ1) is 23.2. The van der Waals surface area contributed by atoms with Crippen LogP contribution in [0.2, 0.25) is 0 Å². The highest BCUT2D eigenvalue weighted by atomic mass is 16.5. The summed E-state index contributed by atoms with van der Waals surface area (Å²) in [4.78, 5) is 24.3. The molecule has 1 aromatic heterocycles. The Morgan fingerprint density at radius 2 is 1.76 bits per heavy atom. The third-order valence-electron chi connectivity index (χ3n) is 5.75. The topological polar surface area (TPSA) is 68.5 Å². The first-order valence-electron chi connectivity index (χ1n) is 11.2. The predicted octanol–water partition coefficient (Wildman–Crippen LogP) is 5.88. The molecular weight excluding hydrogens is 426 g/mol. The summed E-state index contributed by atoms with van der Waals surface area (Å²) in [7, 11) is 0. The van der Waals surface area contributed by atoms with Crippen LogP contribution >= 0.6 is 0 Å². The van der Waals surface area contributed by atoms with Crippen molar-refractivity contribution in [3.63, 3.8) is 0 Å². The second-order valence-electron chi connectivity index (χ2n) is 8.33. The summed E-state index contributed by atoms with van der Waals surface area (Å²) in [5, 5.41) is 10.0. The van der Waals surface area contributed by atoms with Gasteiger partial charge in [-0.25, -0.2) is 4.79 Å². The number of aliphatic carboxylic acids is 1. The molecular formula is C29H27NO4. The van der Waals surface area contributed by atoms with Crippen LogP contribution in [0.3, 0.4) is 0 Å². The molecule has 0 unspecified atom stereocenters. The van der Waals surface area contributed by atoms with Crippen LogP contribution in [0.1, 0.15) is 39.7 Å². The number of para-hydroxylation sites is 1. The van der Waals surface area contributed by atoms with Crippen LogP contribution < -0.4 is 0 Å². The van der Waals surface area contributed by atoms with Gasteiger partial charge in [0, 0.05) is 23.0 Å². The van der Waals surface area contributed by atoms with Crippen molar-refractivity contribution in [2.75, 3.05) is 0 Å². The maximum Gasteiger partial charge on any atom is 0.332 e. The van der Waals surface area contributed by atoms with Crippen molar-refractivity contribution in [1.82, 2.24) is 4.57 Å². The average molecular weight is 454 g/mol. The Kier molecular flexibility index (Phi) is 7.04. The van der Waals surface area contributed by atoms with E-state index in [4.69, 9.17) is 9.84 Å². The van der Waals surface area contributed by atoms with E-state index in [1.807, 2.05) is 103 Å². The lowest BCUT2D eigenvalue weighted by Gasteiger charge is -2.09. The number of carboxylic acids is 1. The molecule has 4 aromatic rings. The molecule has 34 heavy (non-hydrogen) atoms. The maximum atomic E-state index is 13.3. The third kappa shape index (κ3) is 5.33. The number of fused-ring (bicyclic) bond motifs is 1. The van der Waals surface area contributed by atoms with Crippen molar-refractivity contribution in [2.45, 2.75) is 33.1 Å². The zero-order chi connectivity index (χ0) is 24.1. The largest absolute Gasteiger partial charge is 0.479 e. The summed E-state index contributed by atoms with van der Waals surface area (Å²) in [6.07, 6.45) is 3.17. The van der Waals surface area contributed by atoms with Gasteiger partial charge in [-0.1, -0.05) is 78.4 Å². The molecule has 172 valence electrons. The highest BCUT2D eigenvalue weighted by Crippen LogP contribution is 2.23. The van der Waals surface area contributed by atoms with Gasteiger partial charge in [-0.05, 0) is 43.2 Å². The summed E-state index contributed by atoms with van der Waals surface area (Å²) < 4.78 is 7.42. The minimum atomic E-state index is -0.981. The first-order valence-corrected chi connectivity index (χ1v) is 11.2. The van der Waals surface area contributed by atoms with Gasteiger partial charge in [0.05, 0.1) is 12.3 Å². The summed E-state index contributed by atoms with van der Waals surface area (Å²) in [6, 6.07) is 25.4. The lowest BCUT2D eigenvalue weighted by atomic mass is 10.1. The normalized spacial score (nSPS) is 12.3. The molecule has 1 heterocycles. The highest BCUT2D eigenvalue weighted by Gasteiger charge is 2.16. The van der Waals surface area contributed by atoms with Gasteiger partial charge in [0.1, 0.15) is 0 Å². The second kappa shape index (κ2) is 10.3. The van der Waals surface area contributed by atoms with Crippen LogP contribution in [0.4, 0.5) is 0 Å². The molecule has 1 N–H and O–H groups in total. The minimum Gasteiger partial charge on any atom is -0.479 e. The number of aromatic nitrogens is 1. The van der Waals surface area contributed by atoms with Gasteiger partial charge in [-0.15, -0.1) is 0 Å². The SMILES string of the molecule is Cc1ccc(C(=O)c2cc3ccccc3n2C/C=C/c2cccc(CO[C@@H](C)C(=O)O)c2)cc1. The van der Waals surface area contributed by atoms with Crippen LogP contribution in [0.15, 0.2) is 84.9 Å². The summed E-state index contributed by atoms with van der Waals surface area (Å²) in [5.41, 5.74) is 5.32. The fourth-order valence-corrected chi connectivity index (χ4v) is 3.82. The van der Waals surface area contributed by atoms with E-state index in [0.29, 0.717) is 17.8 Å². The molecule has 0 fully saturated rings. The molecule has 0 aliphatic heterocycles. The summed E-state index contributed by atoms with van der Waals surface area (Å²) in [6.45, 7) is 4.29. The lowest BCUT2D eigenvalue weighted by molar-refractivity contribution is -0.149. The van der Waals surface area contributed by atoms with E-state index in [0.717, 1.165) is 27.6 Å². The number of carbonyl (C=O) groups excluding carboxylic acids is 1. The molecule has 5 heteroatoms. The van der Waals surface area contributed by atoms with E-state index in [1.165, 1.54) is 6.92 Å². The molecule has 0 bridgehead atoms. The Morgan fingerprint density at radius 3 is 2.53 bits per heavy atom. The Morgan fingerprint density at radius 1 is 1.00 bits per heavy atom. The number of benzene rings is 3. The van der Waals surface area contributed by atoms with Crippen molar-refractivity contribution in [3.05, 3.63) is 113 Å². The number of aryl methyl sites for hydroxylation is 1. The van der Waals surface area contributed by atoms with Gasteiger partial charge in [-0.3, -0.25) is 4.79 Å². The molecule has 3 aromatic carbocycles. The maximum absolute atomic E-state index is 13.3. The Labute approximate surface area is 198 Å². The number of hydrogen-bond donors (Lipinski definition) is 1. The summed E-state index contributed by atoms with van der Waals surface area (Å²) >= 11 is 0. The van der Waals surface area contributed by atoms with E-state index < -0.39 is 12.1 Å². The van der Waals surface area contributed by atoms with Crippen LogP contribution in [0.25, 0.3) is 17.0 Å². The Hall–Kier alpha value is -3.96. The molecule has 0 aliphatic carbocycles. The molecule has 0 amide bonds. The predicted molar refractivity (Wildman–Crippen MR) is 134 cm³/mol. The van der Waals surface area contributed by atoms with Crippen molar-refractivity contribution in [2.24, 2.45) is 0 Å². The van der Waals surface area contributed by atoms with Crippen molar-refractivity contribution in [1.29, 1.82) is 0 Å². The number of carboxylic acid groups (broad SMARTS) is 1. The Balaban J connectivity index is 1.56. The van der Waals surface area contributed by atoms with Crippen molar-refractivity contribution >= 4 is 28.7 Å². The van der Waals surface area contributed by atoms with E-state index in [9.17, 15) is 9.59 Å². The van der Waals surface area contributed by atoms with Gasteiger partial charge in [0.25, 0.3) is 0 Å². The molecule has 0 saturated heterocycles. The van der Waals surface area contributed by atoms with Gasteiger partial charge >= 0.3 is 5.97 Å². The number of hydrogen-bond acceptors (Lipinski definition) is 3. The number of carbonyl (C=O) groups is 2. The quantitative estimate of drug-likeness (QED) is 0.321. The number of allylic oxidation sites excluding steroid dienone is 1. The zero-order valence-electron chi connectivity index (χ0n) is 19.3. The molecule has 0 radical (unpaired) electrons. The van der Waals surface area contributed by atoms with Gasteiger partial charge < -0.3 is 14.4 Å². The standard InChI is InChI=1S/C29H27NO4/c1-20-12-14-24(15-13-20)28(31)27-18-25-10-3-4-11-26(25)30(27)16-6-9-22-7-5-8-23(17-22)19-34-21(2)29(32)33/h3-15,17-18,21H,16,19H2,1-2H3,(H,32,33)/b9-6+/t21-/m0/s1. The number of ketones is 1. The van der Waals surface area contributed by atoms with Gasteiger partial charge in [-0.2, -0.15) is 0 Å². The van der Waals surface area contributed by atoms with Crippen LogP contribution in [-0.2, 0) is 22.7 Å². The van der Waals surface area contributed by atoms with Crippen molar-refractivity contribution in [3.8, 4) is 0 Å².